The fourth-order valence-corrected chi connectivity index (χ4v) is 1.52. The van der Waals surface area contributed by atoms with E-state index in [1.807, 2.05) is 0 Å². The second-order valence-electron chi connectivity index (χ2n) is 3.26. The van der Waals surface area contributed by atoms with Crippen molar-refractivity contribution in [1.29, 1.82) is 0 Å². The van der Waals surface area contributed by atoms with Crippen molar-refractivity contribution in [3.63, 3.8) is 0 Å². The van der Waals surface area contributed by atoms with Gasteiger partial charge in [0.2, 0.25) is 0 Å². The number of rotatable bonds is 4. The van der Waals surface area contributed by atoms with E-state index in [2.05, 4.69) is 0 Å². The Labute approximate surface area is 93.4 Å². The molecule has 86 valence electrons. The molecule has 6 heteroatoms. The van der Waals surface area contributed by atoms with Gasteiger partial charge in [-0.2, -0.15) is 0 Å². The average Bonchev–Trinajstić information content (AvgIpc) is 2.17. The van der Waals surface area contributed by atoms with Crippen LogP contribution in [0.4, 0.5) is 0 Å². The standard InChI is InChI=1S/C10H13BO5/c1-3-16-8-5-4-7(11(14)15)6(2)9(8)10(12)13/h4-5,14-15H,3H2,1-2H3,(H,12,13). The molecule has 1 rings (SSSR count). The van der Waals surface area contributed by atoms with Gasteiger partial charge in [-0.05, 0) is 30.9 Å². The van der Waals surface area contributed by atoms with Crippen molar-refractivity contribution in [3.05, 3.63) is 23.3 Å². The Balaban J connectivity index is 3.35. The SMILES string of the molecule is CCOc1ccc(B(O)O)c(C)c1C(=O)O. The molecule has 0 aromatic heterocycles. The molecule has 0 saturated heterocycles. The minimum absolute atomic E-state index is 0.0348. The summed E-state index contributed by atoms with van der Waals surface area (Å²) >= 11 is 0. The molecule has 0 bridgehead atoms. The van der Waals surface area contributed by atoms with E-state index in [1.54, 1.807) is 6.92 Å². The largest absolute Gasteiger partial charge is 0.493 e. The van der Waals surface area contributed by atoms with Crippen LogP contribution in [0.5, 0.6) is 5.75 Å². The van der Waals surface area contributed by atoms with Gasteiger partial charge in [-0.25, -0.2) is 4.79 Å². The minimum Gasteiger partial charge on any atom is -0.493 e. The molecule has 0 unspecified atom stereocenters. The van der Waals surface area contributed by atoms with E-state index in [1.165, 1.54) is 19.1 Å². The Morgan fingerprint density at radius 1 is 1.44 bits per heavy atom. The van der Waals surface area contributed by atoms with Crippen molar-refractivity contribution in [3.8, 4) is 5.75 Å². The molecule has 0 aliphatic carbocycles. The summed E-state index contributed by atoms with van der Waals surface area (Å²) in [6.45, 7) is 3.61. The summed E-state index contributed by atoms with van der Waals surface area (Å²) in [5, 5.41) is 27.1. The van der Waals surface area contributed by atoms with Gasteiger partial charge in [0.1, 0.15) is 11.3 Å². The summed E-state index contributed by atoms with van der Waals surface area (Å²) in [6, 6.07) is 2.87. The summed E-state index contributed by atoms with van der Waals surface area (Å²) in [5.74, 6) is -0.916. The van der Waals surface area contributed by atoms with Crippen molar-refractivity contribution in [2.24, 2.45) is 0 Å². The predicted molar refractivity (Wildman–Crippen MR) is 59.1 cm³/mol. The van der Waals surface area contributed by atoms with Crippen LogP contribution in [0.2, 0.25) is 0 Å². The third-order valence-corrected chi connectivity index (χ3v) is 2.26. The van der Waals surface area contributed by atoms with Crippen LogP contribution in [0.3, 0.4) is 0 Å². The van der Waals surface area contributed by atoms with E-state index in [0.717, 1.165) is 0 Å². The highest BCUT2D eigenvalue weighted by Gasteiger charge is 2.22. The molecule has 0 aliphatic rings. The molecular weight excluding hydrogens is 211 g/mol. The molecule has 0 spiro atoms. The number of hydrogen-bond acceptors (Lipinski definition) is 4. The molecule has 5 nitrogen and oxygen atoms in total. The Morgan fingerprint density at radius 3 is 2.50 bits per heavy atom. The number of carboxylic acid groups (broad SMARTS) is 1. The maximum Gasteiger partial charge on any atom is 0.488 e. The van der Waals surface area contributed by atoms with Gasteiger partial charge in [0.15, 0.2) is 0 Å². The first-order valence-electron chi connectivity index (χ1n) is 4.84. The smallest absolute Gasteiger partial charge is 0.488 e. The van der Waals surface area contributed by atoms with Crippen LogP contribution in [0.1, 0.15) is 22.8 Å². The van der Waals surface area contributed by atoms with Gasteiger partial charge in [-0.3, -0.25) is 0 Å². The molecule has 16 heavy (non-hydrogen) atoms. The average molecular weight is 224 g/mol. The van der Waals surface area contributed by atoms with Gasteiger partial charge in [-0.1, -0.05) is 6.07 Å². The number of ether oxygens (including phenoxy) is 1. The minimum atomic E-state index is -1.69. The topological polar surface area (TPSA) is 87.0 Å². The summed E-state index contributed by atoms with van der Waals surface area (Å²) in [5.41, 5.74) is 0.432. The monoisotopic (exact) mass is 224 g/mol. The summed E-state index contributed by atoms with van der Waals surface area (Å²) < 4.78 is 5.17. The fourth-order valence-electron chi connectivity index (χ4n) is 1.52. The van der Waals surface area contributed by atoms with Crippen LogP contribution in [0, 0.1) is 6.92 Å². The molecule has 1 aromatic rings. The van der Waals surface area contributed by atoms with Crippen LogP contribution in [-0.2, 0) is 0 Å². The molecule has 0 heterocycles. The molecule has 0 radical (unpaired) electrons. The fraction of sp³-hybridized carbons (Fsp3) is 0.300. The van der Waals surface area contributed by atoms with E-state index in [-0.39, 0.29) is 16.8 Å². The van der Waals surface area contributed by atoms with Crippen LogP contribution < -0.4 is 10.2 Å². The predicted octanol–water partition coefficient (Wildman–Crippen LogP) is -0.228. The highest BCUT2D eigenvalue weighted by atomic mass is 16.5. The van der Waals surface area contributed by atoms with E-state index >= 15 is 0 Å². The van der Waals surface area contributed by atoms with E-state index < -0.39 is 13.1 Å². The number of benzene rings is 1. The Bertz CT molecular complexity index is 402. The van der Waals surface area contributed by atoms with Crippen molar-refractivity contribution in [2.45, 2.75) is 13.8 Å². The maximum absolute atomic E-state index is 11.0. The van der Waals surface area contributed by atoms with Gasteiger partial charge < -0.3 is 19.9 Å². The van der Waals surface area contributed by atoms with Gasteiger partial charge in [-0.15, -0.1) is 0 Å². The first kappa shape index (κ1) is 12.5. The second kappa shape index (κ2) is 5.00. The normalized spacial score (nSPS) is 10.0. The lowest BCUT2D eigenvalue weighted by Gasteiger charge is -2.13. The highest BCUT2D eigenvalue weighted by Crippen LogP contribution is 2.21. The van der Waals surface area contributed by atoms with E-state index in [9.17, 15) is 4.79 Å². The molecule has 0 aliphatic heterocycles. The van der Waals surface area contributed by atoms with Crippen molar-refractivity contribution in [2.75, 3.05) is 6.61 Å². The van der Waals surface area contributed by atoms with Crippen LogP contribution in [0.25, 0.3) is 0 Å². The third-order valence-electron chi connectivity index (χ3n) is 2.26. The van der Waals surface area contributed by atoms with Crippen molar-refractivity contribution >= 4 is 18.6 Å². The lowest BCUT2D eigenvalue weighted by molar-refractivity contribution is 0.0692. The Kier molecular flexibility index (Phi) is 3.92. The van der Waals surface area contributed by atoms with Crippen LogP contribution in [-0.4, -0.2) is 34.8 Å². The van der Waals surface area contributed by atoms with Gasteiger partial charge in [0.05, 0.1) is 6.61 Å². The van der Waals surface area contributed by atoms with Crippen molar-refractivity contribution in [1.82, 2.24) is 0 Å². The Morgan fingerprint density at radius 2 is 2.06 bits per heavy atom. The lowest BCUT2D eigenvalue weighted by Crippen LogP contribution is -2.33. The number of hydrogen-bond donors (Lipinski definition) is 3. The summed E-state index contributed by atoms with van der Waals surface area (Å²) in [6.07, 6.45) is 0. The zero-order chi connectivity index (χ0) is 12.3. The first-order valence-corrected chi connectivity index (χ1v) is 4.84. The molecule has 0 amide bonds. The molecule has 0 saturated carbocycles. The summed E-state index contributed by atoms with van der Waals surface area (Å²) in [7, 11) is -1.69. The van der Waals surface area contributed by atoms with Gasteiger partial charge >= 0.3 is 13.1 Å². The number of carboxylic acids is 1. The highest BCUT2D eigenvalue weighted by molar-refractivity contribution is 6.59. The molecule has 0 fully saturated rings. The number of carbonyl (C=O) groups is 1. The van der Waals surface area contributed by atoms with Crippen molar-refractivity contribution < 1.29 is 24.7 Å². The van der Waals surface area contributed by atoms with Crippen LogP contribution >= 0.6 is 0 Å². The molecular formula is C10H13BO5. The molecule has 0 atom stereocenters. The van der Waals surface area contributed by atoms with Crippen LogP contribution in [0.15, 0.2) is 12.1 Å². The first-order chi connectivity index (χ1) is 7.49. The quantitative estimate of drug-likeness (QED) is 0.615. The maximum atomic E-state index is 11.0. The van der Waals surface area contributed by atoms with Gasteiger partial charge in [0, 0.05) is 0 Å². The Hall–Kier alpha value is -1.53. The van der Waals surface area contributed by atoms with Gasteiger partial charge in [0.25, 0.3) is 0 Å². The zero-order valence-electron chi connectivity index (χ0n) is 9.10. The number of aromatic carboxylic acids is 1. The lowest BCUT2D eigenvalue weighted by atomic mass is 9.76. The summed E-state index contributed by atoms with van der Waals surface area (Å²) in [4.78, 5) is 11.0. The van der Waals surface area contributed by atoms with E-state index in [0.29, 0.717) is 12.2 Å². The van der Waals surface area contributed by atoms with E-state index in [4.69, 9.17) is 19.9 Å². The third kappa shape index (κ3) is 2.34. The zero-order valence-corrected chi connectivity index (χ0v) is 9.10. The second-order valence-corrected chi connectivity index (χ2v) is 3.26. The molecule has 1 aromatic carbocycles. The molecule has 3 N–H and O–H groups in total.